The van der Waals surface area contributed by atoms with Crippen molar-refractivity contribution in [1.82, 2.24) is 19.1 Å². The Labute approximate surface area is 181 Å². The smallest absolute Gasteiger partial charge is 0.268 e. The number of nitrogens with zero attached hydrogens (tertiary/aromatic N) is 4. The van der Waals surface area contributed by atoms with Crippen LogP contribution in [-0.2, 0) is 6.54 Å². The highest BCUT2D eigenvalue weighted by atomic mass is 32.2. The molecule has 0 aliphatic carbocycles. The van der Waals surface area contributed by atoms with E-state index in [1.54, 1.807) is 30.1 Å². The lowest BCUT2D eigenvalue weighted by atomic mass is 10.2. The number of aromatic nitrogens is 4. The van der Waals surface area contributed by atoms with Crippen LogP contribution in [0.15, 0.2) is 93.5 Å². The average Bonchev–Trinajstić information content (AvgIpc) is 2.82. The van der Waals surface area contributed by atoms with Crippen LogP contribution in [0.5, 0.6) is 0 Å². The quantitative estimate of drug-likeness (QED) is 0.408. The summed E-state index contributed by atoms with van der Waals surface area (Å²) in [5, 5.41) is 1.39. The zero-order valence-corrected chi connectivity index (χ0v) is 17.5. The van der Waals surface area contributed by atoms with Gasteiger partial charge in [-0.3, -0.25) is 14.3 Å². The van der Waals surface area contributed by atoms with Gasteiger partial charge in [-0.1, -0.05) is 30.3 Å². The van der Waals surface area contributed by atoms with Gasteiger partial charge in [-0.15, -0.1) is 11.8 Å². The molecule has 0 aliphatic heterocycles. The first kappa shape index (κ1) is 19.3. The molecule has 0 amide bonds. The molecule has 5 aromatic rings. The summed E-state index contributed by atoms with van der Waals surface area (Å²) >= 11 is 1.59. The van der Waals surface area contributed by atoms with Gasteiger partial charge in [0, 0.05) is 16.5 Å². The molecule has 5 rings (SSSR count). The van der Waals surface area contributed by atoms with E-state index in [1.807, 2.05) is 66.9 Å². The number of fused-ring (bicyclic) bond motifs is 2. The van der Waals surface area contributed by atoms with Gasteiger partial charge in [-0.25, -0.2) is 14.3 Å². The van der Waals surface area contributed by atoms with Gasteiger partial charge >= 0.3 is 5.69 Å². The normalized spacial score (nSPS) is 11.3. The van der Waals surface area contributed by atoms with E-state index >= 15 is 0 Å². The number of hydrogen-bond donors (Lipinski definition) is 0. The van der Waals surface area contributed by atoms with E-state index in [9.17, 15) is 9.59 Å². The fourth-order valence-electron chi connectivity index (χ4n) is 3.67. The molecule has 152 valence electrons. The zero-order chi connectivity index (χ0) is 21.4. The van der Waals surface area contributed by atoms with Crippen molar-refractivity contribution in [2.24, 2.45) is 0 Å². The van der Waals surface area contributed by atoms with Crippen molar-refractivity contribution in [3.8, 4) is 5.69 Å². The first-order valence-electron chi connectivity index (χ1n) is 9.75. The van der Waals surface area contributed by atoms with E-state index in [0.717, 1.165) is 15.8 Å². The van der Waals surface area contributed by atoms with Crippen LogP contribution < -0.4 is 11.2 Å². The van der Waals surface area contributed by atoms with Gasteiger partial charge in [0.1, 0.15) is 0 Å². The van der Waals surface area contributed by atoms with Crippen LogP contribution in [0, 0.1) is 0 Å². The molecule has 0 bridgehead atoms. The number of hydrogen-bond acceptors (Lipinski definition) is 5. The molecule has 0 aliphatic rings. The highest BCUT2D eigenvalue weighted by Gasteiger charge is 2.16. The Morgan fingerprint density at radius 1 is 0.935 bits per heavy atom. The summed E-state index contributed by atoms with van der Waals surface area (Å²) in [4.78, 5) is 36.7. The first-order chi connectivity index (χ1) is 15.2. The molecule has 7 heteroatoms. The van der Waals surface area contributed by atoms with Gasteiger partial charge in [0.05, 0.1) is 28.8 Å². The van der Waals surface area contributed by atoms with Crippen molar-refractivity contribution >= 4 is 33.7 Å². The van der Waals surface area contributed by atoms with Gasteiger partial charge in [-0.05, 0) is 48.7 Å². The minimum absolute atomic E-state index is 0.0789. The van der Waals surface area contributed by atoms with Crippen molar-refractivity contribution in [2.75, 3.05) is 6.26 Å². The van der Waals surface area contributed by atoms with Crippen LogP contribution in [0.25, 0.3) is 27.6 Å². The third kappa shape index (κ3) is 3.43. The van der Waals surface area contributed by atoms with Crippen LogP contribution >= 0.6 is 11.8 Å². The molecular weight excluding hydrogens is 408 g/mol. The summed E-state index contributed by atoms with van der Waals surface area (Å²) in [5.41, 5.74) is 1.66. The standard InChI is InChI=1S/C24H18N4O2S/c1-31-19-8-4-7-18(14-19)28-22-20(9-5-13-25-22)23(29)27(24(28)30)15-17-12-11-16-6-2-3-10-21(16)26-17/h2-14H,15H2,1H3. The number of pyridine rings is 2. The van der Waals surface area contributed by atoms with Gasteiger partial charge in [0.2, 0.25) is 0 Å². The van der Waals surface area contributed by atoms with E-state index < -0.39 is 5.69 Å². The Morgan fingerprint density at radius 3 is 2.68 bits per heavy atom. The van der Waals surface area contributed by atoms with Crippen molar-refractivity contribution in [3.05, 3.63) is 106 Å². The zero-order valence-electron chi connectivity index (χ0n) is 16.7. The lowest BCUT2D eigenvalue weighted by Crippen LogP contribution is -2.40. The third-order valence-corrected chi connectivity index (χ3v) is 5.91. The van der Waals surface area contributed by atoms with Crippen molar-refractivity contribution < 1.29 is 0 Å². The van der Waals surface area contributed by atoms with E-state index in [4.69, 9.17) is 0 Å². The summed E-state index contributed by atoms with van der Waals surface area (Å²) in [6.45, 7) is 0.0789. The molecule has 0 unspecified atom stereocenters. The van der Waals surface area contributed by atoms with Gasteiger partial charge < -0.3 is 0 Å². The van der Waals surface area contributed by atoms with Crippen LogP contribution in [0.2, 0.25) is 0 Å². The number of rotatable bonds is 4. The second-order valence-corrected chi connectivity index (χ2v) is 7.96. The van der Waals surface area contributed by atoms with Crippen molar-refractivity contribution in [2.45, 2.75) is 11.4 Å². The lowest BCUT2D eigenvalue weighted by Gasteiger charge is -2.14. The molecule has 0 atom stereocenters. The minimum Gasteiger partial charge on any atom is -0.268 e. The molecule has 0 N–H and O–H groups in total. The summed E-state index contributed by atoms with van der Waals surface area (Å²) < 4.78 is 2.73. The second-order valence-electron chi connectivity index (χ2n) is 7.08. The molecular formula is C24H18N4O2S. The predicted molar refractivity (Wildman–Crippen MR) is 124 cm³/mol. The Balaban J connectivity index is 1.74. The van der Waals surface area contributed by atoms with Gasteiger partial charge in [-0.2, -0.15) is 0 Å². The maximum absolute atomic E-state index is 13.5. The topological polar surface area (TPSA) is 69.8 Å². The minimum atomic E-state index is -0.440. The SMILES string of the molecule is CSc1cccc(-n2c(=O)n(Cc3ccc4ccccc4n3)c(=O)c3cccnc32)c1. The molecule has 6 nitrogen and oxygen atoms in total. The molecule has 0 fully saturated rings. The van der Waals surface area contributed by atoms with Crippen molar-refractivity contribution in [1.29, 1.82) is 0 Å². The molecule has 0 saturated heterocycles. The van der Waals surface area contributed by atoms with Gasteiger partial charge in [0.25, 0.3) is 5.56 Å². The number of para-hydroxylation sites is 1. The maximum Gasteiger partial charge on any atom is 0.337 e. The molecule has 0 radical (unpaired) electrons. The Kier molecular flexibility index (Phi) is 4.88. The van der Waals surface area contributed by atoms with E-state index in [1.165, 1.54) is 9.13 Å². The summed E-state index contributed by atoms with van der Waals surface area (Å²) in [5.74, 6) is 0. The highest BCUT2D eigenvalue weighted by Crippen LogP contribution is 2.19. The van der Waals surface area contributed by atoms with Crippen LogP contribution in [-0.4, -0.2) is 25.4 Å². The fraction of sp³-hybridized carbons (Fsp3) is 0.0833. The Hall–Kier alpha value is -3.71. The third-order valence-electron chi connectivity index (χ3n) is 5.18. The second kappa shape index (κ2) is 7.85. The van der Waals surface area contributed by atoms with E-state index in [2.05, 4.69) is 9.97 Å². The number of thioether (sulfide) groups is 1. The first-order valence-corrected chi connectivity index (χ1v) is 11.0. The Bertz CT molecular complexity index is 1560. The predicted octanol–water partition coefficient (Wildman–Crippen LogP) is 3.87. The fourth-order valence-corrected chi connectivity index (χ4v) is 4.12. The average molecular weight is 427 g/mol. The van der Waals surface area contributed by atoms with Gasteiger partial charge in [0.15, 0.2) is 5.65 Å². The summed E-state index contributed by atoms with van der Waals surface area (Å²) in [7, 11) is 0. The molecule has 3 aromatic heterocycles. The van der Waals surface area contributed by atoms with E-state index in [0.29, 0.717) is 22.4 Å². The Morgan fingerprint density at radius 2 is 1.81 bits per heavy atom. The van der Waals surface area contributed by atoms with Crippen LogP contribution in [0.1, 0.15) is 5.69 Å². The molecule has 0 saturated carbocycles. The van der Waals surface area contributed by atoms with Crippen LogP contribution in [0.4, 0.5) is 0 Å². The van der Waals surface area contributed by atoms with Crippen molar-refractivity contribution in [3.63, 3.8) is 0 Å². The molecule has 31 heavy (non-hydrogen) atoms. The van der Waals surface area contributed by atoms with Crippen LogP contribution in [0.3, 0.4) is 0 Å². The summed E-state index contributed by atoms with van der Waals surface area (Å²) in [6.07, 6.45) is 3.57. The lowest BCUT2D eigenvalue weighted by molar-refractivity contribution is 0.672. The molecule has 2 aromatic carbocycles. The largest absolute Gasteiger partial charge is 0.337 e. The molecule has 3 heterocycles. The highest BCUT2D eigenvalue weighted by molar-refractivity contribution is 7.98. The van der Waals surface area contributed by atoms with E-state index in [-0.39, 0.29) is 12.1 Å². The number of benzene rings is 2. The molecule has 0 spiro atoms. The maximum atomic E-state index is 13.5. The summed E-state index contributed by atoms with van der Waals surface area (Å²) in [6, 6.07) is 22.6. The monoisotopic (exact) mass is 426 g/mol.